The normalized spacial score (nSPS) is 12.0. The number of carbonyl (C=O) groups excluding carboxylic acids is 1. The minimum Gasteiger partial charge on any atom is -0.481 e. The highest BCUT2D eigenvalue weighted by molar-refractivity contribution is 5.80. The Morgan fingerprint density at radius 3 is 2.82 bits per heavy atom. The first-order valence-corrected chi connectivity index (χ1v) is 5.73. The number of aliphatic hydroxyl groups excluding tert-OH is 1. The number of nitrogens with one attached hydrogen (secondary N) is 1. The molecule has 0 bridgehead atoms. The zero-order valence-corrected chi connectivity index (χ0v) is 10.5. The van der Waals surface area contributed by atoms with Gasteiger partial charge in [0.2, 0.25) is 0 Å². The van der Waals surface area contributed by atoms with Gasteiger partial charge in [0.15, 0.2) is 6.10 Å². The van der Waals surface area contributed by atoms with Crippen molar-refractivity contribution in [3.05, 3.63) is 29.3 Å². The zero-order valence-electron chi connectivity index (χ0n) is 10.5. The van der Waals surface area contributed by atoms with Gasteiger partial charge in [-0.15, -0.1) is 0 Å². The molecule has 0 spiro atoms. The third-order valence-corrected chi connectivity index (χ3v) is 2.41. The van der Waals surface area contributed by atoms with Crippen LogP contribution in [0.25, 0.3) is 0 Å². The number of aryl methyl sites for hydroxylation is 1. The second-order valence-corrected chi connectivity index (χ2v) is 3.92. The minimum atomic E-state index is -0.567. The van der Waals surface area contributed by atoms with Gasteiger partial charge in [-0.2, -0.15) is 0 Å². The van der Waals surface area contributed by atoms with E-state index in [1.54, 1.807) is 13.0 Å². The van der Waals surface area contributed by atoms with Gasteiger partial charge in [-0.05, 0) is 26.8 Å². The minimum absolute atomic E-state index is 0.0981. The molecule has 4 heteroatoms. The maximum atomic E-state index is 11.5. The lowest BCUT2D eigenvalue weighted by molar-refractivity contribution is -0.127. The highest BCUT2D eigenvalue weighted by Crippen LogP contribution is 2.21. The Kier molecular flexibility index (Phi) is 4.97. The summed E-state index contributed by atoms with van der Waals surface area (Å²) in [7, 11) is 0. The molecular weight excluding hydrogens is 218 g/mol. The molecule has 0 aliphatic heterocycles. The number of ether oxygens (including phenoxy) is 1. The van der Waals surface area contributed by atoms with Crippen molar-refractivity contribution in [2.75, 3.05) is 6.54 Å². The first kappa shape index (κ1) is 13.5. The number of benzene rings is 1. The highest BCUT2D eigenvalue weighted by Gasteiger charge is 2.15. The molecule has 2 N–H and O–H groups in total. The molecule has 94 valence electrons. The molecule has 0 radical (unpaired) electrons. The maximum absolute atomic E-state index is 11.5. The fourth-order valence-corrected chi connectivity index (χ4v) is 1.51. The van der Waals surface area contributed by atoms with Gasteiger partial charge in [0.25, 0.3) is 5.91 Å². The largest absolute Gasteiger partial charge is 0.481 e. The summed E-state index contributed by atoms with van der Waals surface area (Å²) in [6.45, 7) is 5.96. The van der Waals surface area contributed by atoms with Gasteiger partial charge < -0.3 is 15.2 Å². The molecular formula is C13H19NO3. The summed E-state index contributed by atoms with van der Waals surface area (Å²) in [6.07, 6.45) is -0.567. The van der Waals surface area contributed by atoms with Crippen LogP contribution in [0.1, 0.15) is 25.0 Å². The molecule has 0 aliphatic rings. The second kappa shape index (κ2) is 6.25. The summed E-state index contributed by atoms with van der Waals surface area (Å²) in [6, 6.07) is 5.51. The third kappa shape index (κ3) is 3.75. The average Bonchev–Trinajstić information content (AvgIpc) is 2.31. The van der Waals surface area contributed by atoms with Gasteiger partial charge in [0.1, 0.15) is 5.75 Å². The Bertz CT molecular complexity index is 390. The van der Waals surface area contributed by atoms with Crippen LogP contribution in [0.2, 0.25) is 0 Å². The molecule has 4 nitrogen and oxygen atoms in total. The summed E-state index contributed by atoms with van der Waals surface area (Å²) in [4.78, 5) is 11.5. The number of carbonyl (C=O) groups is 1. The third-order valence-electron chi connectivity index (χ3n) is 2.41. The molecule has 0 saturated heterocycles. The molecule has 1 atom stereocenters. The number of rotatable bonds is 5. The van der Waals surface area contributed by atoms with E-state index in [-0.39, 0.29) is 12.5 Å². The zero-order chi connectivity index (χ0) is 12.8. The monoisotopic (exact) mass is 237 g/mol. The van der Waals surface area contributed by atoms with E-state index in [2.05, 4.69) is 5.32 Å². The highest BCUT2D eigenvalue weighted by atomic mass is 16.5. The topological polar surface area (TPSA) is 58.6 Å². The summed E-state index contributed by atoms with van der Waals surface area (Å²) >= 11 is 0. The van der Waals surface area contributed by atoms with E-state index in [1.807, 2.05) is 26.0 Å². The number of hydrogen-bond acceptors (Lipinski definition) is 3. The van der Waals surface area contributed by atoms with E-state index >= 15 is 0 Å². The predicted octanol–water partition coefficient (Wildman–Crippen LogP) is 1.39. The van der Waals surface area contributed by atoms with Gasteiger partial charge in [0, 0.05) is 12.1 Å². The van der Waals surface area contributed by atoms with E-state index in [4.69, 9.17) is 4.74 Å². The van der Waals surface area contributed by atoms with Crippen LogP contribution in [0.5, 0.6) is 5.75 Å². The molecule has 1 aromatic rings. The number of amides is 1. The molecule has 1 rings (SSSR count). The van der Waals surface area contributed by atoms with Crippen LogP contribution in [0, 0.1) is 6.92 Å². The summed E-state index contributed by atoms with van der Waals surface area (Å²) in [5.74, 6) is 0.397. The quantitative estimate of drug-likeness (QED) is 0.813. The molecule has 0 fully saturated rings. The van der Waals surface area contributed by atoms with Gasteiger partial charge >= 0.3 is 0 Å². The smallest absolute Gasteiger partial charge is 0.260 e. The van der Waals surface area contributed by atoms with Gasteiger partial charge in [-0.3, -0.25) is 4.79 Å². The van der Waals surface area contributed by atoms with Crippen LogP contribution in [-0.4, -0.2) is 23.7 Å². The molecule has 17 heavy (non-hydrogen) atoms. The number of likely N-dealkylation sites (N-methyl/N-ethyl adjacent to an activating group) is 1. The molecule has 0 saturated carbocycles. The van der Waals surface area contributed by atoms with Crippen molar-refractivity contribution in [2.24, 2.45) is 0 Å². The van der Waals surface area contributed by atoms with Gasteiger partial charge in [-0.1, -0.05) is 17.7 Å². The van der Waals surface area contributed by atoms with Crippen molar-refractivity contribution in [1.29, 1.82) is 0 Å². The van der Waals surface area contributed by atoms with Crippen molar-refractivity contribution < 1.29 is 14.6 Å². The Balaban J connectivity index is 2.77. The number of hydrogen-bond donors (Lipinski definition) is 2. The predicted molar refractivity (Wildman–Crippen MR) is 65.9 cm³/mol. The lowest BCUT2D eigenvalue weighted by Gasteiger charge is -2.16. The Labute approximate surface area is 102 Å². The average molecular weight is 237 g/mol. The Morgan fingerprint density at radius 2 is 2.24 bits per heavy atom. The second-order valence-electron chi connectivity index (χ2n) is 3.92. The van der Waals surface area contributed by atoms with Crippen LogP contribution < -0.4 is 10.1 Å². The SMILES string of the molecule is CCNC(=O)C(C)Oc1ccc(C)cc1CO. The van der Waals surface area contributed by atoms with Crippen molar-refractivity contribution in [3.63, 3.8) is 0 Å². The van der Waals surface area contributed by atoms with Gasteiger partial charge in [-0.25, -0.2) is 0 Å². The molecule has 1 unspecified atom stereocenters. The van der Waals surface area contributed by atoms with Crippen molar-refractivity contribution >= 4 is 5.91 Å². The van der Waals surface area contributed by atoms with E-state index in [0.717, 1.165) is 5.56 Å². The first-order chi connectivity index (χ1) is 8.08. The number of aliphatic hydroxyl groups is 1. The van der Waals surface area contributed by atoms with Crippen LogP contribution >= 0.6 is 0 Å². The van der Waals surface area contributed by atoms with Crippen molar-refractivity contribution in [1.82, 2.24) is 5.32 Å². The Hall–Kier alpha value is -1.55. The fraction of sp³-hybridized carbons (Fsp3) is 0.462. The van der Waals surface area contributed by atoms with Crippen LogP contribution in [0.3, 0.4) is 0 Å². The van der Waals surface area contributed by atoms with Crippen LogP contribution in [0.4, 0.5) is 0 Å². The van der Waals surface area contributed by atoms with Crippen molar-refractivity contribution in [3.8, 4) is 5.75 Å². The van der Waals surface area contributed by atoms with Gasteiger partial charge in [0.05, 0.1) is 6.61 Å². The molecule has 0 aliphatic carbocycles. The molecule has 0 heterocycles. The van der Waals surface area contributed by atoms with E-state index in [9.17, 15) is 9.90 Å². The lowest BCUT2D eigenvalue weighted by Crippen LogP contribution is -2.36. The fourth-order valence-electron chi connectivity index (χ4n) is 1.51. The molecule has 1 amide bonds. The van der Waals surface area contributed by atoms with E-state index < -0.39 is 6.10 Å². The van der Waals surface area contributed by atoms with Crippen LogP contribution in [0.15, 0.2) is 18.2 Å². The lowest BCUT2D eigenvalue weighted by atomic mass is 10.1. The first-order valence-electron chi connectivity index (χ1n) is 5.73. The summed E-state index contributed by atoms with van der Waals surface area (Å²) in [5.41, 5.74) is 1.74. The Morgan fingerprint density at radius 1 is 1.53 bits per heavy atom. The summed E-state index contributed by atoms with van der Waals surface area (Å²) < 4.78 is 5.53. The van der Waals surface area contributed by atoms with Crippen LogP contribution in [-0.2, 0) is 11.4 Å². The molecule has 0 aromatic heterocycles. The standard InChI is InChI=1S/C13H19NO3/c1-4-14-13(16)10(3)17-12-6-5-9(2)7-11(12)8-15/h5-7,10,15H,4,8H2,1-3H3,(H,14,16). The van der Waals surface area contributed by atoms with E-state index in [1.165, 1.54) is 0 Å². The maximum Gasteiger partial charge on any atom is 0.260 e. The van der Waals surface area contributed by atoms with E-state index in [0.29, 0.717) is 17.9 Å². The molecule has 1 aromatic carbocycles. The summed E-state index contributed by atoms with van der Waals surface area (Å²) in [5, 5.41) is 11.9. The van der Waals surface area contributed by atoms with Crippen molar-refractivity contribution in [2.45, 2.75) is 33.5 Å².